The fourth-order valence-electron chi connectivity index (χ4n) is 5.40. The normalized spacial score (nSPS) is 46.8. The largest absolute Gasteiger partial charge is 0.0659 e. The lowest BCUT2D eigenvalue weighted by molar-refractivity contribution is 0.222. The van der Waals surface area contributed by atoms with Crippen molar-refractivity contribution in [3.8, 4) is 0 Å². The third-order valence-electron chi connectivity index (χ3n) is 6.05. The van der Waals surface area contributed by atoms with E-state index in [2.05, 4.69) is 46.8 Å². The molecule has 0 aliphatic heterocycles. The number of hydrogen-bond acceptors (Lipinski definition) is 0. The van der Waals surface area contributed by atoms with Gasteiger partial charge in [-0.05, 0) is 55.3 Å². The molecule has 4 unspecified atom stereocenters. The molecule has 2 bridgehead atoms. The molecule has 0 nitrogen and oxygen atoms in total. The molecule has 0 heteroatoms. The molecule has 0 aromatic carbocycles. The van der Waals surface area contributed by atoms with Gasteiger partial charge in [0.2, 0.25) is 0 Å². The van der Waals surface area contributed by atoms with E-state index >= 15 is 0 Å². The van der Waals surface area contributed by atoms with Crippen LogP contribution in [-0.2, 0) is 0 Å². The highest BCUT2D eigenvalue weighted by Crippen LogP contribution is 2.61. The van der Waals surface area contributed by atoms with Crippen LogP contribution in [0, 0.1) is 35.0 Å². The van der Waals surface area contributed by atoms with Crippen molar-refractivity contribution in [1.29, 1.82) is 0 Å². The maximum absolute atomic E-state index is 2.56. The van der Waals surface area contributed by atoms with Gasteiger partial charge in [0.1, 0.15) is 0 Å². The molecule has 2 fully saturated rings. The smallest absolute Gasteiger partial charge is 0.00443 e. The SMILES string of the molecule is CC1=CC=C2C(C)C[C@@]3(C)CC(C(C)C)C(C3)C12. The van der Waals surface area contributed by atoms with Crippen molar-refractivity contribution in [3.05, 3.63) is 23.3 Å². The first kappa shape index (κ1) is 12.5. The molecule has 0 spiro atoms. The Morgan fingerprint density at radius 2 is 1.89 bits per heavy atom. The zero-order chi connectivity index (χ0) is 13.1. The number of allylic oxidation sites excluding steroid dienone is 4. The molecular weight excluding hydrogens is 216 g/mol. The molecule has 0 aromatic heterocycles. The van der Waals surface area contributed by atoms with Gasteiger partial charge in [0, 0.05) is 5.92 Å². The summed E-state index contributed by atoms with van der Waals surface area (Å²) < 4.78 is 0. The van der Waals surface area contributed by atoms with Gasteiger partial charge >= 0.3 is 0 Å². The molecule has 0 amide bonds. The molecule has 5 atom stereocenters. The Bertz CT molecular complexity index is 412. The minimum atomic E-state index is 0.616. The van der Waals surface area contributed by atoms with Crippen LogP contribution < -0.4 is 0 Å². The van der Waals surface area contributed by atoms with Crippen molar-refractivity contribution in [1.82, 2.24) is 0 Å². The Morgan fingerprint density at radius 1 is 1.17 bits per heavy atom. The van der Waals surface area contributed by atoms with E-state index in [0.29, 0.717) is 5.41 Å². The Kier molecular flexibility index (Phi) is 2.77. The summed E-state index contributed by atoms with van der Waals surface area (Å²) in [6.45, 7) is 12.2. The molecular formula is C18H28. The van der Waals surface area contributed by atoms with E-state index in [1.54, 1.807) is 11.1 Å². The lowest BCUT2D eigenvalue weighted by atomic mass is 9.70. The van der Waals surface area contributed by atoms with Crippen molar-refractivity contribution in [2.24, 2.45) is 35.0 Å². The fraction of sp³-hybridized carbons (Fsp3) is 0.778. The standard InChI is InChI=1S/C18H28/c1-11(2)15-9-18(5)8-13(4)14-7-6-12(3)17(14)16(15)10-18/h6-7,11,13,15-17H,8-10H2,1-5H3/t13?,15?,16?,17?,18-/m0/s1. The summed E-state index contributed by atoms with van der Waals surface area (Å²) in [6, 6.07) is 0. The maximum Gasteiger partial charge on any atom is 0.00443 e. The van der Waals surface area contributed by atoms with Crippen molar-refractivity contribution in [2.45, 2.75) is 53.9 Å². The van der Waals surface area contributed by atoms with Crippen LogP contribution in [0.4, 0.5) is 0 Å². The Morgan fingerprint density at radius 3 is 2.56 bits per heavy atom. The molecule has 0 heterocycles. The van der Waals surface area contributed by atoms with Crippen LogP contribution in [-0.4, -0.2) is 0 Å². The van der Waals surface area contributed by atoms with Crippen molar-refractivity contribution >= 4 is 0 Å². The topological polar surface area (TPSA) is 0 Å². The molecule has 3 aliphatic rings. The molecule has 0 aromatic rings. The third kappa shape index (κ3) is 1.72. The molecule has 3 rings (SSSR count). The first-order chi connectivity index (χ1) is 8.41. The van der Waals surface area contributed by atoms with Crippen molar-refractivity contribution in [3.63, 3.8) is 0 Å². The van der Waals surface area contributed by atoms with Gasteiger partial charge in [-0.2, -0.15) is 0 Å². The molecule has 2 saturated carbocycles. The zero-order valence-corrected chi connectivity index (χ0v) is 12.7. The first-order valence-electron chi connectivity index (χ1n) is 7.79. The van der Waals surface area contributed by atoms with Gasteiger partial charge in [0.25, 0.3) is 0 Å². The molecule has 3 aliphatic carbocycles. The first-order valence-corrected chi connectivity index (χ1v) is 7.79. The van der Waals surface area contributed by atoms with Crippen LogP contribution in [0.15, 0.2) is 23.3 Å². The Hall–Kier alpha value is -0.520. The van der Waals surface area contributed by atoms with Crippen molar-refractivity contribution in [2.75, 3.05) is 0 Å². The lowest BCUT2D eigenvalue weighted by Crippen LogP contribution is -2.26. The van der Waals surface area contributed by atoms with Gasteiger partial charge in [0.15, 0.2) is 0 Å². The second-order valence-corrected chi connectivity index (χ2v) is 7.95. The number of hydrogen-bond donors (Lipinski definition) is 0. The summed E-state index contributed by atoms with van der Waals surface area (Å²) in [5.41, 5.74) is 4.01. The Labute approximate surface area is 113 Å². The third-order valence-corrected chi connectivity index (χ3v) is 6.05. The van der Waals surface area contributed by atoms with Crippen LogP contribution in [0.1, 0.15) is 53.9 Å². The second kappa shape index (κ2) is 3.99. The Balaban J connectivity index is 2.01. The highest BCUT2D eigenvalue weighted by molar-refractivity contribution is 5.37. The highest BCUT2D eigenvalue weighted by Gasteiger charge is 2.51. The molecule has 18 heavy (non-hydrogen) atoms. The van der Waals surface area contributed by atoms with Gasteiger partial charge < -0.3 is 0 Å². The highest BCUT2D eigenvalue weighted by atomic mass is 14.6. The average Bonchev–Trinajstić information content (AvgIpc) is 2.75. The zero-order valence-electron chi connectivity index (χ0n) is 12.7. The van der Waals surface area contributed by atoms with Crippen LogP contribution in [0.2, 0.25) is 0 Å². The quantitative estimate of drug-likeness (QED) is 0.593. The van der Waals surface area contributed by atoms with E-state index in [1.165, 1.54) is 19.3 Å². The predicted molar refractivity (Wildman–Crippen MR) is 78.3 cm³/mol. The van der Waals surface area contributed by atoms with Gasteiger partial charge in [-0.3, -0.25) is 0 Å². The molecule has 0 N–H and O–H groups in total. The minimum absolute atomic E-state index is 0.616. The van der Waals surface area contributed by atoms with Crippen LogP contribution >= 0.6 is 0 Å². The van der Waals surface area contributed by atoms with E-state index in [1.807, 2.05) is 0 Å². The second-order valence-electron chi connectivity index (χ2n) is 7.95. The van der Waals surface area contributed by atoms with Gasteiger partial charge in [0.05, 0.1) is 0 Å². The molecule has 0 saturated heterocycles. The van der Waals surface area contributed by atoms with E-state index in [0.717, 1.165) is 29.6 Å². The van der Waals surface area contributed by atoms with Crippen LogP contribution in [0.5, 0.6) is 0 Å². The van der Waals surface area contributed by atoms with Gasteiger partial charge in [-0.25, -0.2) is 0 Å². The summed E-state index contributed by atoms with van der Waals surface area (Å²) >= 11 is 0. The summed E-state index contributed by atoms with van der Waals surface area (Å²) in [5, 5.41) is 0. The summed E-state index contributed by atoms with van der Waals surface area (Å²) in [6.07, 6.45) is 9.20. The molecule has 0 radical (unpaired) electrons. The lowest BCUT2D eigenvalue weighted by Gasteiger charge is -2.34. The van der Waals surface area contributed by atoms with E-state index in [-0.39, 0.29) is 0 Å². The summed E-state index contributed by atoms with van der Waals surface area (Å²) in [4.78, 5) is 0. The summed E-state index contributed by atoms with van der Waals surface area (Å²) in [5.74, 6) is 4.30. The number of rotatable bonds is 1. The van der Waals surface area contributed by atoms with E-state index < -0.39 is 0 Å². The van der Waals surface area contributed by atoms with Crippen LogP contribution in [0.25, 0.3) is 0 Å². The summed E-state index contributed by atoms with van der Waals surface area (Å²) in [7, 11) is 0. The van der Waals surface area contributed by atoms with E-state index in [4.69, 9.17) is 0 Å². The average molecular weight is 244 g/mol. The van der Waals surface area contributed by atoms with Gasteiger partial charge in [-0.1, -0.05) is 51.0 Å². The molecule has 100 valence electrons. The predicted octanol–water partition coefficient (Wildman–Crippen LogP) is 5.22. The van der Waals surface area contributed by atoms with E-state index in [9.17, 15) is 0 Å². The maximum atomic E-state index is 2.56. The van der Waals surface area contributed by atoms with Crippen molar-refractivity contribution < 1.29 is 0 Å². The number of fused-ring (bicyclic) bond motifs is 4. The van der Waals surface area contributed by atoms with Gasteiger partial charge in [-0.15, -0.1) is 0 Å². The fourth-order valence-corrected chi connectivity index (χ4v) is 5.40. The minimum Gasteiger partial charge on any atom is -0.0659 e. The monoisotopic (exact) mass is 244 g/mol. The van der Waals surface area contributed by atoms with Crippen LogP contribution in [0.3, 0.4) is 0 Å².